The summed E-state index contributed by atoms with van der Waals surface area (Å²) in [6.07, 6.45) is 4.54. The summed E-state index contributed by atoms with van der Waals surface area (Å²) in [5, 5.41) is 3.47. The Morgan fingerprint density at radius 3 is 2.56 bits per heavy atom. The predicted octanol–water partition coefficient (Wildman–Crippen LogP) is 3.57. The van der Waals surface area contributed by atoms with Crippen molar-refractivity contribution in [3.8, 4) is 0 Å². The van der Waals surface area contributed by atoms with E-state index < -0.39 is 11.6 Å². The van der Waals surface area contributed by atoms with Crippen molar-refractivity contribution < 1.29 is 8.78 Å². The molecule has 0 radical (unpaired) electrons. The molecule has 2 saturated heterocycles. The number of nitrogens with one attached hydrogen (secondary N) is 1. The second-order valence-electron chi connectivity index (χ2n) is 7.66. The van der Waals surface area contributed by atoms with E-state index in [1.54, 1.807) is 0 Å². The fourth-order valence-electron chi connectivity index (χ4n) is 4.43. The normalized spacial score (nSPS) is 28.3. The molecule has 1 aromatic carbocycles. The van der Waals surface area contributed by atoms with Gasteiger partial charge < -0.3 is 10.2 Å². The Hall–Kier alpha value is -0.960. The van der Waals surface area contributed by atoms with Crippen molar-refractivity contribution in [1.82, 2.24) is 15.1 Å². The average molecular weight is 490 g/mol. The molecule has 0 spiro atoms. The minimum atomic E-state index is -0.441. The molecular weight excluding hydrogens is 461 g/mol. The lowest BCUT2D eigenvalue weighted by Gasteiger charge is -2.25. The lowest BCUT2D eigenvalue weighted by molar-refractivity contribution is 0.249. The van der Waals surface area contributed by atoms with E-state index in [0.29, 0.717) is 12.6 Å². The molecular formula is C20H29F2IN4. The van der Waals surface area contributed by atoms with Crippen LogP contribution < -0.4 is 5.32 Å². The van der Waals surface area contributed by atoms with Crippen molar-refractivity contribution in [2.45, 2.75) is 50.6 Å². The van der Waals surface area contributed by atoms with Crippen LogP contribution >= 0.6 is 24.0 Å². The smallest absolute Gasteiger partial charge is 0.194 e. The van der Waals surface area contributed by atoms with Crippen molar-refractivity contribution in [3.05, 3.63) is 35.4 Å². The van der Waals surface area contributed by atoms with Gasteiger partial charge in [-0.1, -0.05) is 6.07 Å². The SMILES string of the molecule is CCN=C(NC1CC1c1c(F)cccc1F)N1CCC(N2CCCC2)C1.I. The van der Waals surface area contributed by atoms with Crippen LogP contribution in [0.25, 0.3) is 0 Å². The topological polar surface area (TPSA) is 30.9 Å². The number of aliphatic imine (C=N–C) groups is 1. The average Bonchev–Trinajstić information content (AvgIpc) is 3.06. The van der Waals surface area contributed by atoms with E-state index in [0.717, 1.165) is 25.5 Å². The lowest BCUT2D eigenvalue weighted by atomic mass is 10.1. The number of nitrogens with zero attached hydrogens (tertiary/aromatic N) is 3. The number of halogens is 3. The van der Waals surface area contributed by atoms with Crippen LogP contribution in [0.15, 0.2) is 23.2 Å². The molecule has 2 heterocycles. The van der Waals surface area contributed by atoms with E-state index in [1.165, 1.54) is 50.6 Å². The Balaban J connectivity index is 0.00000210. The molecule has 0 aromatic heterocycles. The third-order valence-electron chi connectivity index (χ3n) is 5.90. The Labute approximate surface area is 177 Å². The molecule has 1 aromatic rings. The van der Waals surface area contributed by atoms with Crippen LogP contribution in [0.1, 0.15) is 44.1 Å². The van der Waals surface area contributed by atoms with Crippen LogP contribution in [0.3, 0.4) is 0 Å². The zero-order valence-electron chi connectivity index (χ0n) is 15.8. The quantitative estimate of drug-likeness (QED) is 0.398. The Kier molecular flexibility index (Phi) is 6.94. The first-order chi connectivity index (χ1) is 12.7. The van der Waals surface area contributed by atoms with Crippen LogP contribution in [0.5, 0.6) is 0 Å². The van der Waals surface area contributed by atoms with Crippen molar-refractivity contribution in [2.75, 3.05) is 32.7 Å². The van der Waals surface area contributed by atoms with Gasteiger partial charge in [0.25, 0.3) is 0 Å². The second kappa shape index (κ2) is 9.03. The van der Waals surface area contributed by atoms with Gasteiger partial charge in [-0.2, -0.15) is 0 Å². The first-order valence-electron chi connectivity index (χ1n) is 9.91. The van der Waals surface area contributed by atoms with E-state index in [4.69, 9.17) is 0 Å². The van der Waals surface area contributed by atoms with Gasteiger partial charge in [0.1, 0.15) is 11.6 Å². The highest BCUT2D eigenvalue weighted by Gasteiger charge is 2.43. The van der Waals surface area contributed by atoms with Crippen molar-refractivity contribution in [1.29, 1.82) is 0 Å². The van der Waals surface area contributed by atoms with E-state index in [9.17, 15) is 8.78 Å². The molecule has 27 heavy (non-hydrogen) atoms. The van der Waals surface area contributed by atoms with Crippen LogP contribution in [-0.2, 0) is 0 Å². The lowest BCUT2D eigenvalue weighted by Crippen LogP contribution is -2.44. The molecule has 7 heteroatoms. The van der Waals surface area contributed by atoms with Gasteiger partial charge in [0, 0.05) is 43.2 Å². The molecule has 4 nitrogen and oxygen atoms in total. The highest BCUT2D eigenvalue weighted by molar-refractivity contribution is 14.0. The molecule has 4 rings (SSSR count). The molecule has 2 aliphatic heterocycles. The van der Waals surface area contributed by atoms with Gasteiger partial charge in [-0.05, 0) is 57.8 Å². The molecule has 1 aliphatic carbocycles. The number of guanidine groups is 1. The van der Waals surface area contributed by atoms with E-state index in [2.05, 4.69) is 20.1 Å². The zero-order valence-corrected chi connectivity index (χ0v) is 18.2. The molecule has 1 saturated carbocycles. The number of benzene rings is 1. The van der Waals surface area contributed by atoms with Crippen LogP contribution in [-0.4, -0.2) is 60.6 Å². The first-order valence-corrected chi connectivity index (χ1v) is 9.91. The van der Waals surface area contributed by atoms with E-state index >= 15 is 0 Å². The second-order valence-corrected chi connectivity index (χ2v) is 7.66. The standard InChI is InChI=1S/C20H28F2N4.HI/c1-2-23-20(26-11-8-14(13-26)25-9-3-4-10-25)24-18-12-15(18)19-16(21)6-5-7-17(19)22;/h5-7,14-15,18H,2-4,8-13H2,1H3,(H,23,24);1H. The molecule has 3 fully saturated rings. The summed E-state index contributed by atoms with van der Waals surface area (Å²) < 4.78 is 28.0. The van der Waals surface area contributed by atoms with Crippen LogP contribution in [0.4, 0.5) is 8.78 Å². The number of likely N-dealkylation sites (tertiary alicyclic amines) is 2. The highest BCUT2D eigenvalue weighted by Crippen LogP contribution is 2.43. The Morgan fingerprint density at radius 2 is 1.89 bits per heavy atom. The fourth-order valence-corrected chi connectivity index (χ4v) is 4.43. The molecule has 3 atom stereocenters. The van der Waals surface area contributed by atoms with Gasteiger partial charge >= 0.3 is 0 Å². The van der Waals surface area contributed by atoms with Crippen molar-refractivity contribution in [3.63, 3.8) is 0 Å². The van der Waals surface area contributed by atoms with E-state index in [1.807, 2.05) is 6.92 Å². The van der Waals surface area contributed by atoms with Crippen LogP contribution in [0.2, 0.25) is 0 Å². The number of hydrogen-bond acceptors (Lipinski definition) is 2. The van der Waals surface area contributed by atoms with Gasteiger partial charge in [0.2, 0.25) is 0 Å². The number of hydrogen-bond donors (Lipinski definition) is 1. The molecule has 0 bridgehead atoms. The summed E-state index contributed by atoms with van der Waals surface area (Å²) in [6, 6.07) is 4.79. The Morgan fingerprint density at radius 1 is 1.19 bits per heavy atom. The van der Waals surface area contributed by atoms with Gasteiger partial charge in [-0.3, -0.25) is 9.89 Å². The summed E-state index contributed by atoms with van der Waals surface area (Å²) in [7, 11) is 0. The zero-order chi connectivity index (χ0) is 18.1. The monoisotopic (exact) mass is 490 g/mol. The summed E-state index contributed by atoms with van der Waals surface area (Å²) in [5.74, 6) is -0.0826. The van der Waals surface area contributed by atoms with Gasteiger partial charge in [0.05, 0.1) is 0 Å². The van der Waals surface area contributed by atoms with Gasteiger partial charge in [0.15, 0.2) is 5.96 Å². The van der Waals surface area contributed by atoms with E-state index in [-0.39, 0.29) is 41.5 Å². The molecule has 3 aliphatic rings. The number of rotatable bonds is 4. The molecule has 0 amide bonds. The fraction of sp³-hybridized carbons (Fsp3) is 0.650. The maximum atomic E-state index is 14.0. The van der Waals surface area contributed by atoms with Gasteiger partial charge in [-0.25, -0.2) is 8.78 Å². The summed E-state index contributed by atoms with van der Waals surface area (Å²) in [6.45, 7) is 7.15. The predicted molar refractivity (Wildman–Crippen MR) is 115 cm³/mol. The van der Waals surface area contributed by atoms with Crippen molar-refractivity contribution in [2.24, 2.45) is 4.99 Å². The van der Waals surface area contributed by atoms with Crippen molar-refractivity contribution >= 4 is 29.9 Å². The molecule has 3 unspecified atom stereocenters. The first kappa shape index (κ1) is 20.8. The van der Waals surface area contributed by atoms with Gasteiger partial charge in [-0.15, -0.1) is 24.0 Å². The summed E-state index contributed by atoms with van der Waals surface area (Å²) in [5.41, 5.74) is 0.220. The molecule has 150 valence electrons. The maximum Gasteiger partial charge on any atom is 0.194 e. The largest absolute Gasteiger partial charge is 0.353 e. The summed E-state index contributed by atoms with van der Waals surface area (Å²) in [4.78, 5) is 9.56. The third kappa shape index (κ3) is 4.55. The minimum absolute atomic E-state index is 0. The van der Waals surface area contributed by atoms with Crippen LogP contribution in [0, 0.1) is 11.6 Å². The third-order valence-corrected chi connectivity index (χ3v) is 5.90. The summed E-state index contributed by atoms with van der Waals surface area (Å²) >= 11 is 0. The Bertz CT molecular complexity index is 658. The molecule has 1 N–H and O–H groups in total. The minimum Gasteiger partial charge on any atom is -0.353 e. The highest BCUT2D eigenvalue weighted by atomic mass is 127. The maximum absolute atomic E-state index is 14.0.